The van der Waals surface area contributed by atoms with Crippen LogP contribution in [0.1, 0.15) is 48.0 Å². The molecule has 0 heterocycles. The van der Waals surface area contributed by atoms with Crippen molar-refractivity contribution in [3.63, 3.8) is 0 Å². The second-order valence-corrected chi connectivity index (χ2v) is 6.50. The topological polar surface area (TPSA) is 78.0 Å². The van der Waals surface area contributed by atoms with E-state index in [4.69, 9.17) is 4.74 Å². The summed E-state index contributed by atoms with van der Waals surface area (Å²) < 4.78 is 5.19. The van der Waals surface area contributed by atoms with Crippen molar-refractivity contribution in [2.45, 2.75) is 53.6 Å². The van der Waals surface area contributed by atoms with Gasteiger partial charge in [0.05, 0.1) is 0 Å². The first kappa shape index (κ1) is 26.5. The SMILES string of the molecule is CCNC(=NCCCNC(=O)OC(C)(C)C)NCCN(CC)CC.I. The van der Waals surface area contributed by atoms with Gasteiger partial charge in [0.1, 0.15) is 5.60 Å². The molecule has 0 aromatic rings. The first-order valence-corrected chi connectivity index (χ1v) is 9.03. The number of carbonyl (C=O) groups excluding carboxylic acids is 1. The van der Waals surface area contributed by atoms with Gasteiger partial charge in [-0.2, -0.15) is 0 Å². The Kier molecular flexibility index (Phi) is 16.4. The molecule has 0 aliphatic carbocycles. The maximum atomic E-state index is 11.5. The van der Waals surface area contributed by atoms with Gasteiger partial charge in [-0.05, 0) is 47.2 Å². The van der Waals surface area contributed by atoms with Crippen LogP contribution in [0.3, 0.4) is 0 Å². The minimum absolute atomic E-state index is 0. The monoisotopic (exact) mass is 471 g/mol. The van der Waals surface area contributed by atoms with Gasteiger partial charge in [-0.25, -0.2) is 4.79 Å². The number of alkyl carbamates (subject to hydrolysis) is 1. The summed E-state index contributed by atoms with van der Waals surface area (Å²) in [6.07, 6.45) is 0.391. The van der Waals surface area contributed by atoms with Gasteiger partial charge in [0.25, 0.3) is 0 Å². The summed E-state index contributed by atoms with van der Waals surface area (Å²) >= 11 is 0. The fraction of sp³-hybridized carbons (Fsp3) is 0.882. The number of ether oxygens (including phenoxy) is 1. The number of hydrogen-bond acceptors (Lipinski definition) is 4. The molecule has 0 spiro atoms. The van der Waals surface area contributed by atoms with Gasteiger partial charge in [-0.3, -0.25) is 4.99 Å². The Morgan fingerprint density at radius 1 is 1.04 bits per heavy atom. The van der Waals surface area contributed by atoms with Gasteiger partial charge in [-0.1, -0.05) is 13.8 Å². The van der Waals surface area contributed by atoms with Crippen molar-refractivity contribution in [2.24, 2.45) is 4.99 Å². The number of halogens is 1. The maximum Gasteiger partial charge on any atom is 0.407 e. The highest BCUT2D eigenvalue weighted by Crippen LogP contribution is 2.06. The van der Waals surface area contributed by atoms with Gasteiger partial charge in [0.2, 0.25) is 0 Å². The molecule has 0 saturated heterocycles. The zero-order valence-electron chi connectivity index (χ0n) is 16.8. The molecule has 0 saturated carbocycles. The Labute approximate surface area is 170 Å². The number of rotatable bonds is 10. The molecule has 150 valence electrons. The fourth-order valence-corrected chi connectivity index (χ4v) is 1.99. The van der Waals surface area contributed by atoms with Crippen molar-refractivity contribution in [3.8, 4) is 0 Å². The molecule has 0 aliphatic heterocycles. The molecule has 3 N–H and O–H groups in total. The van der Waals surface area contributed by atoms with Crippen LogP contribution in [0.15, 0.2) is 4.99 Å². The molecule has 0 radical (unpaired) electrons. The normalized spacial score (nSPS) is 11.7. The van der Waals surface area contributed by atoms with E-state index in [0.717, 1.165) is 45.1 Å². The summed E-state index contributed by atoms with van der Waals surface area (Å²) in [7, 11) is 0. The van der Waals surface area contributed by atoms with Gasteiger partial charge < -0.3 is 25.6 Å². The van der Waals surface area contributed by atoms with Crippen LogP contribution >= 0.6 is 24.0 Å². The van der Waals surface area contributed by atoms with Crippen molar-refractivity contribution in [1.82, 2.24) is 20.9 Å². The van der Waals surface area contributed by atoms with Crippen molar-refractivity contribution < 1.29 is 9.53 Å². The minimum Gasteiger partial charge on any atom is -0.444 e. The molecule has 8 heteroatoms. The number of carbonyl (C=O) groups is 1. The second-order valence-electron chi connectivity index (χ2n) is 6.50. The molecule has 0 unspecified atom stereocenters. The minimum atomic E-state index is -0.463. The third kappa shape index (κ3) is 16.4. The highest BCUT2D eigenvalue weighted by Gasteiger charge is 2.15. The number of hydrogen-bond donors (Lipinski definition) is 3. The van der Waals surface area contributed by atoms with E-state index in [0.29, 0.717) is 13.1 Å². The lowest BCUT2D eigenvalue weighted by Crippen LogP contribution is -2.41. The molecule has 0 rings (SSSR count). The van der Waals surface area contributed by atoms with Crippen LogP contribution < -0.4 is 16.0 Å². The molecule has 0 aliphatic rings. The average Bonchev–Trinajstić information content (AvgIpc) is 2.49. The molecule has 1 amide bonds. The van der Waals surface area contributed by atoms with Crippen LogP contribution in [0.2, 0.25) is 0 Å². The fourth-order valence-electron chi connectivity index (χ4n) is 1.99. The van der Waals surface area contributed by atoms with Crippen LogP contribution in [0.5, 0.6) is 0 Å². The summed E-state index contributed by atoms with van der Waals surface area (Å²) in [5.41, 5.74) is -0.463. The molecular formula is C17H38IN5O2. The van der Waals surface area contributed by atoms with Crippen LogP contribution in [0, 0.1) is 0 Å². The number of aliphatic imine (C=N–C) groups is 1. The molecule has 0 fully saturated rings. The molecule has 7 nitrogen and oxygen atoms in total. The smallest absolute Gasteiger partial charge is 0.407 e. The molecule has 0 bridgehead atoms. The Morgan fingerprint density at radius 2 is 1.68 bits per heavy atom. The van der Waals surface area contributed by atoms with E-state index in [1.807, 2.05) is 27.7 Å². The Morgan fingerprint density at radius 3 is 2.20 bits per heavy atom. The summed E-state index contributed by atoms with van der Waals surface area (Å²) in [6.45, 7) is 17.9. The highest BCUT2D eigenvalue weighted by atomic mass is 127. The zero-order chi connectivity index (χ0) is 18.4. The standard InChI is InChI=1S/C17H37N5O2.HI/c1-7-18-15(20-13-14-22(8-2)9-3)19-11-10-12-21-16(23)24-17(4,5)6;/h7-14H2,1-6H3,(H,21,23)(H2,18,19,20);1H. The average molecular weight is 471 g/mol. The highest BCUT2D eigenvalue weighted by molar-refractivity contribution is 14.0. The largest absolute Gasteiger partial charge is 0.444 e. The Balaban J connectivity index is 0. The van der Waals surface area contributed by atoms with E-state index in [1.54, 1.807) is 0 Å². The van der Waals surface area contributed by atoms with Gasteiger partial charge >= 0.3 is 6.09 Å². The summed E-state index contributed by atoms with van der Waals surface area (Å²) in [5.74, 6) is 0.821. The summed E-state index contributed by atoms with van der Waals surface area (Å²) in [4.78, 5) is 18.4. The van der Waals surface area contributed by atoms with Crippen LogP contribution in [-0.4, -0.2) is 68.4 Å². The quantitative estimate of drug-likeness (QED) is 0.198. The van der Waals surface area contributed by atoms with Crippen molar-refractivity contribution in [1.29, 1.82) is 0 Å². The lowest BCUT2D eigenvalue weighted by Gasteiger charge is -2.19. The van der Waals surface area contributed by atoms with Gasteiger partial charge in [0.15, 0.2) is 5.96 Å². The number of nitrogens with zero attached hydrogens (tertiary/aromatic N) is 2. The van der Waals surface area contributed by atoms with Crippen molar-refractivity contribution >= 4 is 36.0 Å². The predicted molar refractivity (Wildman–Crippen MR) is 116 cm³/mol. The van der Waals surface area contributed by atoms with Gasteiger partial charge in [0, 0.05) is 32.7 Å². The van der Waals surface area contributed by atoms with Crippen molar-refractivity contribution in [3.05, 3.63) is 0 Å². The molecule has 0 aromatic heterocycles. The molecule has 25 heavy (non-hydrogen) atoms. The van der Waals surface area contributed by atoms with Crippen molar-refractivity contribution in [2.75, 3.05) is 45.8 Å². The van der Waals surface area contributed by atoms with Gasteiger partial charge in [-0.15, -0.1) is 24.0 Å². The second kappa shape index (κ2) is 15.5. The zero-order valence-corrected chi connectivity index (χ0v) is 19.1. The Hall–Kier alpha value is -0.770. The lowest BCUT2D eigenvalue weighted by atomic mass is 10.2. The van der Waals surface area contributed by atoms with Crippen LogP contribution in [0.25, 0.3) is 0 Å². The predicted octanol–water partition coefficient (Wildman–Crippen LogP) is 2.42. The first-order valence-electron chi connectivity index (χ1n) is 9.03. The van der Waals surface area contributed by atoms with E-state index in [2.05, 4.69) is 39.7 Å². The lowest BCUT2D eigenvalue weighted by molar-refractivity contribution is 0.0527. The third-order valence-corrected chi connectivity index (χ3v) is 3.23. The first-order chi connectivity index (χ1) is 11.3. The number of likely N-dealkylation sites (N-methyl/N-ethyl adjacent to an activating group) is 1. The summed E-state index contributed by atoms with van der Waals surface area (Å²) in [5, 5.41) is 9.31. The molecule has 0 atom stereocenters. The van der Waals surface area contributed by atoms with E-state index >= 15 is 0 Å². The molecule has 0 aromatic carbocycles. The van der Waals surface area contributed by atoms with E-state index < -0.39 is 5.60 Å². The van der Waals surface area contributed by atoms with Crippen LogP contribution in [0.4, 0.5) is 4.79 Å². The number of nitrogens with one attached hydrogen (secondary N) is 3. The molecular weight excluding hydrogens is 433 g/mol. The third-order valence-electron chi connectivity index (χ3n) is 3.23. The Bertz CT molecular complexity index is 369. The number of guanidine groups is 1. The summed E-state index contributed by atoms with van der Waals surface area (Å²) in [6, 6.07) is 0. The van der Waals surface area contributed by atoms with E-state index in [-0.39, 0.29) is 30.1 Å². The van der Waals surface area contributed by atoms with Crippen LogP contribution in [-0.2, 0) is 4.74 Å². The maximum absolute atomic E-state index is 11.5. The van der Waals surface area contributed by atoms with E-state index in [9.17, 15) is 4.79 Å². The van der Waals surface area contributed by atoms with E-state index in [1.165, 1.54) is 0 Å². The number of amides is 1.